The minimum atomic E-state index is -1.26. The molecular weight excluding hydrogens is 536 g/mol. The highest BCUT2D eigenvalue weighted by molar-refractivity contribution is 5.89. The van der Waals surface area contributed by atoms with Gasteiger partial charge < -0.3 is 25.2 Å². The second kappa shape index (κ2) is 13.3. The van der Waals surface area contributed by atoms with E-state index in [2.05, 4.69) is 10.6 Å². The molecule has 2 aliphatic carbocycles. The molecule has 2 aliphatic rings. The van der Waals surface area contributed by atoms with Gasteiger partial charge in [0.1, 0.15) is 19.3 Å². The molecule has 0 heterocycles. The van der Waals surface area contributed by atoms with Gasteiger partial charge in [0.2, 0.25) is 5.91 Å². The van der Waals surface area contributed by atoms with E-state index in [1.807, 2.05) is 78.9 Å². The fourth-order valence-electron chi connectivity index (χ4n) is 5.92. The third kappa shape index (κ3) is 6.79. The molecule has 218 valence electrons. The van der Waals surface area contributed by atoms with E-state index in [9.17, 15) is 24.3 Å². The van der Waals surface area contributed by atoms with E-state index in [0.29, 0.717) is 12.8 Å². The average molecular weight is 571 g/mol. The zero-order valence-electron chi connectivity index (χ0n) is 23.2. The van der Waals surface area contributed by atoms with Gasteiger partial charge in [0.25, 0.3) is 0 Å². The zero-order valence-corrected chi connectivity index (χ0v) is 23.2. The number of carboxylic acids is 1. The monoisotopic (exact) mass is 570 g/mol. The number of hydrogen-bond acceptors (Lipinski definition) is 6. The number of alkyl carbamates (subject to hydrolysis) is 1. The summed E-state index contributed by atoms with van der Waals surface area (Å²) < 4.78 is 10.9. The molecule has 2 amide bonds. The minimum Gasteiger partial charge on any atom is -0.481 e. The van der Waals surface area contributed by atoms with Gasteiger partial charge in [-0.1, -0.05) is 85.3 Å². The lowest BCUT2D eigenvalue weighted by molar-refractivity contribution is -0.147. The molecule has 9 nitrogen and oxygen atoms in total. The van der Waals surface area contributed by atoms with E-state index in [0.717, 1.165) is 34.2 Å². The van der Waals surface area contributed by atoms with Crippen LogP contribution in [0.15, 0.2) is 78.9 Å². The maximum atomic E-state index is 13.2. The van der Waals surface area contributed by atoms with Crippen molar-refractivity contribution in [2.24, 2.45) is 11.8 Å². The first-order valence-corrected chi connectivity index (χ1v) is 14.2. The lowest BCUT2D eigenvalue weighted by Crippen LogP contribution is -2.49. The largest absolute Gasteiger partial charge is 0.481 e. The molecule has 1 fully saturated rings. The fraction of sp³-hybridized carbons (Fsp3) is 0.333. The van der Waals surface area contributed by atoms with E-state index < -0.39 is 42.3 Å². The molecule has 0 spiro atoms. The molecule has 3 N–H and O–H groups in total. The fourth-order valence-corrected chi connectivity index (χ4v) is 5.92. The number of fused-ring (bicyclic) bond motifs is 3. The van der Waals surface area contributed by atoms with Crippen LogP contribution in [0.5, 0.6) is 0 Å². The Morgan fingerprint density at radius 3 is 2.14 bits per heavy atom. The van der Waals surface area contributed by atoms with Crippen molar-refractivity contribution in [2.45, 2.75) is 44.2 Å². The van der Waals surface area contributed by atoms with E-state index in [-0.39, 0.29) is 31.6 Å². The summed E-state index contributed by atoms with van der Waals surface area (Å²) in [4.78, 5) is 50.4. The number of carbonyl (C=O) groups is 4. The average Bonchev–Trinajstić information content (AvgIpc) is 3.61. The van der Waals surface area contributed by atoms with Crippen LogP contribution in [0.1, 0.15) is 48.3 Å². The van der Waals surface area contributed by atoms with E-state index in [4.69, 9.17) is 9.47 Å². The lowest BCUT2D eigenvalue weighted by atomic mass is 9.96. The van der Waals surface area contributed by atoms with E-state index in [1.54, 1.807) is 0 Å². The van der Waals surface area contributed by atoms with Crippen LogP contribution < -0.4 is 10.6 Å². The summed E-state index contributed by atoms with van der Waals surface area (Å²) in [5.41, 5.74) is 5.07. The molecule has 0 bridgehead atoms. The van der Waals surface area contributed by atoms with Crippen LogP contribution in [-0.4, -0.2) is 48.2 Å². The first-order chi connectivity index (χ1) is 20.4. The van der Waals surface area contributed by atoms with Gasteiger partial charge in [-0.2, -0.15) is 0 Å². The van der Waals surface area contributed by atoms with Crippen LogP contribution in [-0.2, 0) is 30.5 Å². The molecule has 0 unspecified atom stereocenters. The molecule has 3 aromatic rings. The lowest BCUT2D eigenvalue weighted by Gasteiger charge is -2.21. The van der Waals surface area contributed by atoms with Gasteiger partial charge in [-0.25, -0.2) is 4.79 Å². The molecule has 1 saturated carbocycles. The van der Waals surface area contributed by atoms with Crippen molar-refractivity contribution in [3.05, 3.63) is 95.6 Å². The predicted molar refractivity (Wildman–Crippen MR) is 154 cm³/mol. The Hall–Kier alpha value is -4.66. The predicted octanol–water partition coefficient (Wildman–Crippen LogP) is 4.64. The molecule has 42 heavy (non-hydrogen) atoms. The van der Waals surface area contributed by atoms with Crippen molar-refractivity contribution >= 4 is 23.9 Å². The number of aliphatic carboxylic acids is 1. The molecule has 3 atom stereocenters. The van der Waals surface area contributed by atoms with E-state index >= 15 is 0 Å². The standard InChI is InChI=1S/C33H34N2O7/c36-30(41-19-21-9-2-1-3-10-21)17-29(31(37)34-18-22-11-8-16-23(22)32(38)39)35-33(40)42-20-28-26-14-6-4-12-24(26)25-13-5-7-15-27(25)28/h1-7,9-10,12-15,22-23,28-29H,8,11,16-20H2,(H,34,37)(H,35,40)(H,38,39)/t22-,23-,29-/m0/s1. The summed E-state index contributed by atoms with van der Waals surface area (Å²) in [6.07, 6.45) is 0.766. The topological polar surface area (TPSA) is 131 Å². The van der Waals surface area contributed by atoms with Crippen molar-refractivity contribution in [1.29, 1.82) is 0 Å². The van der Waals surface area contributed by atoms with E-state index in [1.165, 1.54) is 0 Å². The maximum absolute atomic E-state index is 13.2. The summed E-state index contributed by atoms with van der Waals surface area (Å²) >= 11 is 0. The number of ether oxygens (including phenoxy) is 2. The number of nitrogens with one attached hydrogen (secondary N) is 2. The van der Waals surface area contributed by atoms with Crippen molar-refractivity contribution in [1.82, 2.24) is 10.6 Å². The van der Waals surface area contributed by atoms with Gasteiger partial charge in [0, 0.05) is 12.5 Å². The summed E-state index contributed by atoms with van der Waals surface area (Å²) in [6.45, 7) is 0.216. The number of hydrogen-bond donors (Lipinski definition) is 3. The van der Waals surface area contributed by atoms with Crippen LogP contribution in [0.2, 0.25) is 0 Å². The molecule has 0 saturated heterocycles. The number of carbonyl (C=O) groups excluding carboxylic acids is 3. The van der Waals surface area contributed by atoms with Gasteiger partial charge in [0.15, 0.2) is 0 Å². The van der Waals surface area contributed by atoms with Crippen molar-refractivity contribution in [2.75, 3.05) is 13.2 Å². The van der Waals surface area contributed by atoms with Crippen molar-refractivity contribution in [3.8, 4) is 11.1 Å². The van der Waals surface area contributed by atoms with Crippen LogP contribution >= 0.6 is 0 Å². The van der Waals surface area contributed by atoms with Gasteiger partial charge in [-0.15, -0.1) is 0 Å². The number of rotatable bonds is 11. The quantitative estimate of drug-likeness (QED) is 0.286. The second-order valence-electron chi connectivity index (χ2n) is 10.8. The Bertz CT molecular complexity index is 1400. The van der Waals surface area contributed by atoms with Crippen molar-refractivity contribution < 1.29 is 33.8 Å². The maximum Gasteiger partial charge on any atom is 0.407 e. The van der Waals surface area contributed by atoms with Crippen LogP contribution in [0.4, 0.5) is 4.79 Å². The van der Waals surface area contributed by atoms with Gasteiger partial charge in [0.05, 0.1) is 12.3 Å². The Balaban J connectivity index is 1.22. The van der Waals surface area contributed by atoms with Gasteiger partial charge in [-0.3, -0.25) is 14.4 Å². The number of amides is 2. The molecule has 3 aromatic carbocycles. The van der Waals surface area contributed by atoms with Gasteiger partial charge in [-0.05, 0) is 46.6 Å². The first-order valence-electron chi connectivity index (χ1n) is 14.2. The highest BCUT2D eigenvalue weighted by Crippen LogP contribution is 2.44. The normalized spacial score (nSPS) is 17.9. The second-order valence-corrected chi connectivity index (χ2v) is 10.8. The van der Waals surface area contributed by atoms with Crippen molar-refractivity contribution in [3.63, 3.8) is 0 Å². The van der Waals surface area contributed by atoms with Gasteiger partial charge >= 0.3 is 18.0 Å². The molecule has 0 radical (unpaired) electrons. The van der Waals surface area contributed by atoms with Crippen LogP contribution in [0, 0.1) is 11.8 Å². The SMILES string of the molecule is O=C(C[C@H](NC(=O)OCC1c2ccccc2-c2ccccc21)C(=O)NC[C@@H]1CCC[C@@H]1C(=O)O)OCc1ccccc1. The summed E-state index contributed by atoms with van der Waals surface area (Å²) in [5.74, 6) is -3.06. The smallest absolute Gasteiger partial charge is 0.407 e. The Morgan fingerprint density at radius 2 is 1.48 bits per heavy atom. The summed E-state index contributed by atoms with van der Waals surface area (Å²) in [7, 11) is 0. The highest BCUT2D eigenvalue weighted by Gasteiger charge is 2.34. The third-order valence-corrected chi connectivity index (χ3v) is 8.08. The minimum absolute atomic E-state index is 0.0291. The Morgan fingerprint density at radius 1 is 0.833 bits per heavy atom. The van der Waals surface area contributed by atoms with Crippen LogP contribution in [0.25, 0.3) is 11.1 Å². The zero-order chi connectivity index (χ0) is 29.5. The third-order valence-electron chi connectivity index (χ3n) is 8.08. The number of carboxylic acid groups (broad SMARTS) is 1. The number of esters is 1. The number of benzene rings is 3. The van der Waals surface area contributed by atoms with Crippen LogP contribution in [0.3, 0.4) is 0 Å². The molecule has 0 aliphatic heterocycles. The highest BCUT2D eigenvalue weighted by atomic mass is 16.5. The Kier molecular flexibility index (Phi) is 9.16. The molecule has 5 rings (SSSR count). The Labute approximate surface area is 244 Å². The molecule has 0 aromatic heterocycles. The first kappa shape index (κ1) is 28.9. The molecular formula is C33H34N2O7. The summed E-state index contributed by atoms with van der Waals surface area (Å²) in [5, 5.41) is 14.7. The summed E-state index contributed by atoms with van der Waals surface area (Å²) in [6, 6.07) is 23.8. The molecule has 9 heteroatoms.